The van der Waals surface area contributed by atoms with Gasteiger partial charge in [0.25, 0.3) is 0 Å². The molecule has 0 bridgehead atoms. The molecule has 2 unspecified atom stereocenters. The molecule has 17 heavy (non-hydrogen) atoms. The van der Waals surface area contributed by atoms with Crippen molar-refractivity contribution in [2.75, 3.05) is 0 Å². The van der Waals surface area contributed by atoms with Crippen molar-refractivity contribution in [2.24, 2.45) is 0 Å². The van der Waals surface area contributed by atoms with Crippen LogP contribution in [0, 0.1) is 5.82 Å². The SMILES string of the molecule is CC(c1ccc(F)cc1)C1(Cl)C=CC=C(Cl)C1. The maximum absolute atomic E-state index is 12.9. The first-order chi connectivity index (χ1) is 8.01. The van der Waals surface area contributed by atoms with E-state index >= 15 is 0 Å². The second-order valence-corrected chi connectivity index (χ2v) is 5.54. The summed E-state index contributed by atoms with van der Waals surface area (Å²) in [6, 6.07) is 6.44. The largest absolute Gasteiger partial charge is 0.207 e. The number of halogens is 3. The molecule has 0 saturated carbocycles. The minimum atomic E-state index is -0.524. The van der Waals surface area contributed by atoms with Gasteiger partial charge in [0.2, 0.25) is 0 Å². The molecule has 3 heteroatoms. The summed E-state index contributed by atoms with van der Waals surface area (Å²) in [5.41, 5.74) is 1.01. The lowest BCUT2D eigenvalue weighted by molar-refractivity contribution is 0.574. The first kappa shape index (κ1) is 12.7. The van der Waals surface area contributed by atoms with Crippen molar-refractivity contribution in [2.45, 2.75) is 24.1 Å². The highest BCUT2D eigenvalue weighted by Gasteiger charge is 2.34. The number of rotatable bonds is 2. The van der Waals surface area contributed by atoms with E-state index in [9.17, 15) is 4.39 Å². The minimum Gasteiger partial charge on any atom is -0.207 e. The second-order valence-electron chi connectivity index (χ2n) is 4.35. The number of allylic oxidation sites excluding steroid dienone is 4. The van der Waals surface area contributed by atoms with E-state index in [1.54, 1.807) is 12.1 Å². The topological polar surface area (TPSA) is 0 Å². The van der Waals surface area contributed by atoms with Crippen molar-refractivity contribution in [3.05, 3.63) is 58.9 Å². The van der Waals surface area contributed by atoms with Gasteiger partial charge in [-0.3, -0.25) is 0 Å². The number of hydrogen-bond donors (Lipinski definition) is 0. The fraction of sp³-hybridized carbons (Fsp3) is 0.286. The molecule has 2 atom stereocenters. The average molecular weight is 271 g/mol. The Labute approximate surface area is 111 Å². The summed E-state index contributed by atoms with van der Waals surface area (Å²) in [4.78, 5) is -0.524. The molecule has 0 N–H and O–H groups in total. The molecule has 0 radical (unpaired) electrons. The van der Waals surface area contributed by atoms with Crippen LogP contribution in [0.2, 0.25) is 0 Å². The summed E-state index contributed by atoms with van der Waals surface area (Å²) in [5.74, 6) is -0.162. The zero-order valence-corrected chi connectivity index (χ0v) is 11.0. The Morgan fingerprint density at radius 1 is 1.29 bits per heavy atom. The molecule has 0 amide bonds. The van der Waals surface area contributed by atoms with Crippen LogP contribution in [0.5, 0.6) is 0 Å². The van der Waals surface area contributed by atoms with Gasteiger partial charge in [-0.15, -0.1) is 11.6 Å². The maximum Gasteiger partial charge on any atom is 0.123 e. The zero-order valence-electron chi connectivity index (χ0n) is 9.46. The lowest BCUT2D eigenvalue weighted by Gasteiger charge is -2.32. The molecule has 0 spiro atoms. The van der Waals surface area contributed by atoms with Crippen molar-refractivity contribution in [1.82, 2.24) is 0 Å². The smallest absolute Gasteiger partial charge is 0.123 e. The van der Waals surface area contributed by atoms with Gasteiger partial charge >= 0.3 is 0 Å². The molecule has 0 aliphatic heterocycles. The van der Waals surface area contributed by atoms with Crippen LogP contribution in [0.1, 0.15) is 24.8 Å². The third-order valence-electron chi connectivity index (χ3n) is 3.18. The van der Waals surface area contributed by atoms with Crippen LogP contribution < -0.4 is 0 Å². The Bertz CT molecular complexity index is 462. The molecule has 90 valence electrons. The van der Waals surface area contributed by atoms with Gasteiger partial charge < -0.3 is 0 Å². The van der Waals surface area contributed by atoms with E-state index in [1.807, 2.05) is 25.2 Å². The van der Waals surface area contributed by atoms with Crippen LogP contribution in [0.4, 0.5) is 4.39 Å². The van der Waals surface area contributed by atoms with Crippen LogP contribution in [-0.4, -0.2) is 4.87 Å². The van der Waals surface area contributed by atoms with Gasteiger partial charge in [0, 0.05) is 17.4 Å². The maximum atomic E-state index is 12.9. The Balaban J connectivity index is 2.25. The summed E-state index contributed by atoms with van der Waals surface area (Å²) < 4.78 is 12.9. The van der Waals surface area contributed by atoms with Gasteiger partial charge in [0.1, 0.15) is 5.82 Å². The monoisotopic (exact) mass is 270 g/mol. The van der Waals surface area contributed by atoms with E-state index in [0.29, 0.717) is 6.42 Å². The number of hydrogen-bond acceptors (Lipinski definition) is 0. The molecule has 0 nitrogen and oxygen atoms in total. The molecule has 1 aliphatic rings. The summed E-state index contributed by atoms with van der Waals surface area (Å²) in [6.45, 7) is 2.03. The van der Waals surface area contributed by atoms with Crippen LogP contribution in [0.25, 0.3) is 0 Å². The summed E-state index contributed by atoms with van der Waals surface area (Å²) >= 11 is 12.6. The Kier molecular flexibility index (Phi) is 3.60. The highest BCUT2D eigenvalue weighted by atomic mass is 35.5. The first-order valence-corrected chi connectivity index (χ1v) is 6.25. The van der Waals surface area contributed by atoms with Crippen LogP contribution in [0.3, 0.4) is 0 Å². The molecule has 0 aromatic heterocycles. The Hall–Kier alpha value is -0.790. The first-order valence-electron chi connectivity index (χ1n) is 5.49. The Morgan fingerprint density at radius 2 is 1.94 bits per heavy atom. The van der Waals surface area contributed by atoms with Crippen molar-refractivity contribution >= 4 is 23.2 Å². The minimum absolute atomic E-state index is 0.0727. The summed E-state index contributed by atoms with van der Waals surface area (Å²) in [6.07, 6.45) is 6.28. The van der Waals surface area contributed by atoms with E-state index in [4.69, 9.17) is 23.2 Å². The molecule has 1 aliphatic carbocycles. The predicted molar refractivity (Wildman–Crippen MR) is 71.1 cm³/mol. The van der Waals surface area contributed by atoms with Crippen molar-refractivity contribution < 1.29 is 4.39 Å². The molecule has 1 aromatic rings. The van der Waals surface area contributed by atoms with E-state index in [0.717, 1.165) is 10.6 Å². The van der Waals surface area contributed by atoms with Gasteiger partial charge in [-0.1, -0.05) is 42.8 Å². The van der Waals surface area contributed by atoms with Crippen molar-refractivity contribution in [3.8, 4) is 0 Å². The van der Waals surface area contributed by atoms with E-state index in [-0.39, 0.29) is 11.7 Å². The predicted octanol–water partition coefficient (Wildman–Crippen LogP) is 4.99. The molecular formula is C14H13Cl2F. The van der Waals surface area contributed by atoms with Gasteiger partial charge in [-0.25, -0.2) is 4.39 Å². The standard InChI is InChI=1S/C14H13Cl2F/c1-10(11-4-6-13(17)7-5-11)14(16)8-2-3-12(15)9-14/h2-8,10H,9H2,1H3. The summed E-state index contributed by atoms with van der Waals surface area (Å²) in [5, 5.41) is 0.747. The van der Waals surface area contributed by atoms with Crippen LogP contribution >= 0.6 is 23.2 Å². The quantitative estimate of drug-likeness (QED) is 0.665. The third kappa shape index (κ3) is 2.72. The Morgan fingerprint density at radius 3 is 2.53 bits per heavy atom. The fourth-order valence-electron chi connectivity index (χ4n) is 2.02. The normalized spacial score (nSPS) is 25.5. The van der Waals surface area contributed by atoms with E-state index in [1.165, 1.54) is 12.1 Å². The summed E-state index contributed by atoms with van der Waals surface area (Å²) in [7, 11) is 0. The molecule has 0 fully saturated rings. The van der Waals surface area contributed by atoms with Gasteiger partial charge in [0.05, 0.1) is 4.87 Å². The van der Waals surface area contributed by atoms with E-state index in [2.05, 4.69) is 0 Å². The molecule has 0 saturated heterocycles. The third-order valence-corrected chi connectivity index (χ3v) is 4.03. The van der Waals surface area contributed by atoms with Gasteiger partial charge in [-0.05, 0) is 23.8 Å². The van der Waals surface area contributed by atoms with Crippen LogP contribution in [0.15, 0.2) is 47.5 Å². The fourth-order valence-corrected chi connectivity index (χ4v) is 2.72. The van der Waals surface area contributed by atoms with Gasteiger partial charge in [-0.2, -0.15) is 0 Å². The van der Waals surface area contributed by atoms with Gasteiger partial charge in [0.15, 0.2) is 0 Å². The molecular weight excluding hydrogens is 258 g/mol. The highest BCUT2D eigenvalue weighted by molar-refractivity contribution is 6.32. The lowest BCUT2D eigenvalue weighted by Crippen LogP contribution is -2.27. The number of benzene rings is 1. The van der Waals surface area contributed by atoms with E-state index < -0.39 is 4.87 Å². The highest BCUT2D eigenvalue weighted by Crippen LogP contribution is 2.42. The van der Waals surface area contributed by atoms with Crippen LogP contribution in [-0.2, 0) is 0 Å². The van der Waals surface area contributed by atoms with Crippen molar-refractivity contribution in [3.63, 3.8) is 0 Å². The molecule has 0 heterocycles. The second kappa shape index (κ2) is 4.83. The average Bonchev–Trinajstić information content (AvgIpc) is 2.29. The van der Waals surface area contributed by atoms with Crippen molar-refractivity contribution in [1.29, 1.82) is 0 Å². The zero-order chi connectivity index (χ0) is 12.5. The number of alkyl halides is 1. The molecule has 2 rings (SSSR count). The lowest BCUT2D eigenvalue weighted by atomic mass is 9.82. The molecule has 1 aromatic carbocycles.